The van der Waals surface area contributed by atoms with Gasteiger partial charge in [0.05, 0.1) is 19.6 Å². The number of piperidine rings is 1. The third-order valence-electron chi connectivity index (χ3n) is 4.73. The largest absolute Gasteiger partial charge is 0.497 e. The monoisotopic (exact) mass is 376 g/mol. The van der Waals surface area contributed by atoms with Gasteiger partial charge in [0.25, 0.3) is 0 Å². The van der Waals surface area contributed by atoms with E-state index < -0.39 is 5.97 Å². The van der Waals surface area contributed by atoms with Gasteiger partial charge in [0.2, 0.25) is 11.8 Å². The average molecular weight is 376 g/mol. The number of methoxy groups -OCH3 is 1. The summed E-state index contributed by atoms with van der Waals surface area (Å²) in [4.78, 5) is 39.5. The lowest BCUT2D eigenvalue weighted by molar-refractivity contribution is -0.151. The predicted octanol–water partition coefficient (Wildman–Crippen LogP) is 1.50. The second-order valence-corrected chi connectivity index (χ2v) is 6.67. The number of esters is 1. The van der Waals surface area contributed by atoms with Crippen molar-refractivity contribution in [2.45, 2.75) is 26.2 Å². The van der Waals surface area contributed by atoms with Crippen LogP contribution >= 0.6 is 0 Å². The number of likely N-dealkylation sites (N-methyl/N-ethyl adjacent to an activating group) is 1. The quantitative estimate of drug-likeness (QED) is 0.643. The first-order valence-corrected chi connectivity index (χ1v) is 9.25. The molecule has 0 bridgehead atoms. The van der Waals surface area contributed by atoms with Gasteiger partial charge in [0.15, 0.2) is 0 Å². The van der Waals surface area contributed by atoms with Crippen LogP contribution in [0.1, 0.15) is 25.3 Å². The van der Waals surface area contributed by atoms with Gasteiger partial charge < -0.3 is 19.3 Å². The third kappa shape index (κ3) is 5.98. The molecule has 0 N–H and O–H groups in total. The standard InChI is InChI=1S/C20H28N2O5/c1-4-27-19(24)14-21(2)20(25)16-7-10-18(23)22(13-16)12-11-15-5-8-17(26-3)9-6-15/h5-6,8-9,16H,4,7,10-14H2,1-3H3/t16-/m0/s1. The molecule has 1 fully saturated rings. The molecule has 7 nitrogen and oxygen atoms in total. The van der Waals surface area contributed by atoms with Crippen LogP contribution in [0.5, 0.6) is 5.75 Å². The SMILES string of the molecule is CCOC(=O)CN(C)C(=O)[C@H]1CCC(=O)N(CCc2ccc(OC)cc2)C1. The molecular weight excluding hydrogens is 348 g/mol. The Morgan fingerprint density at radius 3 is 2.59 bits per heavy atom. The molecule has 1 atom stereocenters. The topological polar surface area (TPSA) is 76.2 Å². The second kappa shape index (κ2) is 9.94. The lowest BCUT2D eigenvalue weighted by Crippen LogP contribution is -2.47. The van der Waals surface area contributed by atoms with Crippen LogP contribution in [-0.4, -0.2) is 68.0 Å². The Hall–Kier alpha value is -2.57. The summed E-state index contributed by atoms with van der Waals surface area (Å²) in [6.45, 7) is 2.91. The molecule has 2 amide bonds. The van der Waals surface area contributed by atoms with Gasteiger partial charge >= 0.3 is 5.97 Å². The summed E-state index contributed by atoms with van der Waals surface area (Å²) in [5.41, 5.74) is 1.11. The Morgan fingerprint density at radius 1 is 1.26 bits per heavy atom. The number of likely N-dealkylation sites (tertiary alicyclic amines) is 1. The third-order valence-corrected chi connectivity index (χ3v) is 4.73. The van der Waals surface area contributed by atoms with Gasteiger partial charge in [-0.2, -0.15) is 0 Å². The van der Waals surface area contributed by atoms with Crippen molar-refractivity contribution in [2.24, 2.45) is 5.92 Å². The van der Waals surface area contributed by atoms with Crippen LogP contribution in [0.25, 0.3) is 0 Å². The molecule has 27 heavy (non-hydrogen) atoms. The van der Waals surface area contributed by atoms with Gasteiger partial charge in [-0.25, -0.2) is 0 Å². The van der Waals surface area contributed by atoms with Gasteiger partial charge in [-0.15, -0.1) is 0 Å². The van der Waals surface area contributed by atoms with E-state index in [2.05, 4.69) is 0 Å². The zero-order chi connectivity index (χ0) is 19.8. The number of hydrogen-bond acceptors (Lipinski definition) is 5. The second-order valence-electron chi connectivity index (χ2n) is 6.67. The summed E-state index contributed by atoms with van der Waals surface area (Å²) < 4.78 is 10.0. The molecule has 0 spiro atoms. The summed E-state index contributed by atoms with van der Waals surface area (Å²) in [5, 5.41) is 0. The first-order valence-electron chi connectivity index (χ1n) is 9.25. The van der Waals surface area contributed by atoms with Gasteiger partial charge in [-0.3, -0.25) is 14.4 Å². The van der Waals surface area contributed by atoms with Gasteiger partial charge in [0.1, 0.15) is 12.3 Å². The van der Waals surface area contributed by atoms with E-state index >= 15 is 0 Å². The van der Waals surface area contributed by atoms with Crippen molar-refractivity contribution in [2.75, 3.05) is 40.4 Å². The minimum absolute atomic E-state index is 0.0665. The molecule has 0 aromatic heterocycles. The molecule has 148 valence electrons. The smallest absolute Gasteiger partial charge is 0.325 e. The Kier molecular flexibility index (Phi) is 7.64. The maximum atomic E-state index is 12.6. The van der Waals surface area contributed by atoms with E-state index in [0.717, 1.165) is 17.7 Å². The fourth-order valence-electron chi connectivity index (χ4n) is 3.18. The number of ether oxygens (including phenoxy) is 2. The number of nitrogens with zero attached hydrogens (tertiary/aromatic N) is 2. The van der Waals surface area contributed by atoms with E-state index in [-0.39, 0.29) is 30.9 Å². The fourth-order valence-corrected chi connectivity index (χ4v) is 3.18. The lowest BCUT2D eigenvalue weighted by atomic mass is 9.95. The van der Waals surface area contributed by atoms with Crippen LogP contribution in [0.15, 0.2) is 24.3 Å². The van der Waals surface area contributed by atoms with E-state index in [9.17, 15) is 14.4 Å². The molecule has 0 radical (unpaired) electrons. The Bertz CT molecular complexity index is 659. The normalized spacial score (nSPS) is 16.8. The van der Waals surface area contributed by atoms with E-state index in [1.807, 2.05) is 24.3 Å². The molecule has 1 saturated heterocycles. The first kappa shape index (κ1) is 20.7. The molecule has 0 saturated carbocycles. The van der Waals surface area contributed by atoms with Crippen molar-refractivity contribution in [3.63, 3.8) is 0 Å². The molecule has 2 rings (SSSR count). The average Bonchev–Trinajstić information content (AvgIpc) is 2.67. The van der Waals surface area contributed by atoms with Crippen molar-refractivity contribution in [3.8, 4) is 5.75 Å². The number of rotatable bonds is 8. The molecule has 1 aliphatic rings. The van der Waals surface area contributed by atoms with Crippen LogP contribution in [0, 0.1) is 5.92 Å². The highest BCUT2D eigenvalue weighted by Gasteiger charge is 2.32. The van der Waals surface area contributed by atoms with Gasteiger partial charge in [-0.05, 0) is 37.5 Å². The fraction of sp³-hybridized carbons (Fsp3) is 0.550. The maximum Gasteiger partial charge on any atom is 0.325 e. The number of carbonyl (C=O) groups excluding carboxylic acids is 3. The van der Waals surface area contributed by atoms with Crippen molar-refractivity contribution in [1.82, 2.24) is 9.80 Å². The molecule has 0 unspecified atom stereocenters. The van der Waals surface area contributed by atoms with Crippen molar-refractivity contribution < 1.29 is 23.9 Å². The summed E-state index contributed by atoms with van der Waals surface area (Å²) >= 11 is 0. The highest BCUT2D eigenvalue weighted by Crippen LogP contribution is 2.20. The minimum atomic E-state index is -0.420. The number of benzene rings is 1. The molecule has 1 aliphatic heterocycles. The van der Waals surface area contributed by atoms with Crippen LogP contribution in [-0.2, 0) is 25.5 Å². The van der Waals surface area contributed by atoms with Crippen LogP contribution in [0.2, 0.25) is 0 Å². The zero-order valence-electron chi connectivity index (χ0n) is 16.3. The molecule has 1 aromatic rings. The number of amides is 2. The Labute approximate surface area is 160 Å². The predicted molar refractivity (Wildman–Crippen MR) is 100 cm³/mol. The lowest BCUT2D eigenvalue weighted by Gasteiger charge is -2.33. The van der Waals surface area contributed by atoms with Crippen LogP contribution in [0.4, 0.5) is 0 Å². The zero-order valence-corrected chi connectivity index (χ0v) is 16.3. The van der Waals surface area contributed by atoms with Crippen molar-refractivity contribution in [1.29, 1.82) is 0 Å². The Balaban J connectivity index is 1.89. The van der Waals surface area contributed by atoms with E-state index in [0.29, 0.717) is 25.9 Å². The molecule has 1 aromatic carbocycles. The molecule has 7 heteroatoms. The van der Waals surface area contributed by atoms with Gasteiger partial charge in [0, 0.05) is 26.6 Å². The van der Waals surface area contributed by atoms with E-state index in [1.165, 1.54) is 4.90 Å². The van der Waals surface area contributed by atoms with Crippen molar-refractivity contribution >= 4 is 17.8 Å². The highest BCUT2D eigenvalue weighted by molar-refractivity contribution is 5.86. The molecular formula is C20H28N2O5. The first-order chi connectivity index (χ1) is 12.9. The minimum Gasteiger partial charge on any atom is -0.497 e. The number of carbonyl (C=O) groups is 3. The summed E-state index contributed by atoms with van der Waals surface area (Å²) in [5.74, 6) is 0.0447. The van der Waals surface area contributed by atoms with Crippen LogP contribution < -0.4 is 4.74 Å². The summed E-state index contributed by atoms with van der Waals surface area (Å²) in [6, 6.07) is 7.74. The summed E-state index contributed by atoms with van der Waals surface area (Å²) in [7, 11) is 3.22. The van der Waals surface area contributed by atoms with Crippen LogP contribution in [0.3, 0.4) is 0 Å². The highest BCUT2D eigenvalue weighted by atomic mass is 16.5. The van der Waals surface area contributed by atoms with Crippen molar-refractivity contribution in [3.05, 3.63) is 29.8 Å². The number of hydrogen-bond donors (Lipinski definition) is 0. The van der Waals surface area contributed by atoms with E-state index in [4.69, 9.17) is 9.47 Å². The summed E-state index contributed by atoms with van der Waals surface area (Å²) in [6.07, 6.45) is 1.59. The maximum absolute atomic E-state index is 12.6. The Morgan fingerprint density at radius 2 is 1.96 bits per heavy atom. The molecule has 1 heterocycles. The molecule has 0 aliphatic carbocycles. The van der Waals surface area contributed by atoms with E-state index in [1.54, 1.807) is 26.0 Å². The van der Waals surface area contributed by atoms with Gasteiger partial charge in [-0.1, -0.05) is 12.1 Å².